The van der Waals surface area contributed by atoms with Crippen molar-refractivity contribution in [1.29, 1.82) is 0 Å². The van der Waals surface area contributed by atoms with E-state index in [1.165, 1.54) is 12.3 Å². The summed E-state index contributed by atoms with van der Waals surface area (Å²) in [7, 11) is -3.75. The summed E-state index contributed by atoms with van der Waals surface area (Å²) in [5.74, 6) is 0.586. The third-order valence-corrected chi connectivity index (χ3v) is 5.00. The van der Waals surface area contributed by atoms with E-state index in [0.717, 1.165) is 0 Å². The van der Waals surface area contributed by atoms with Gasteiger partial charge in [0.05, 0.1) is 16.8 Å². The highest BCUT2D eigenvalue weighted by Gasteiger charge is 2.26. The minimum Gasteiger partial charge on any atom is -0.469 e. The number of halogens is 1. The number of rotatable bonds is 6. The van der Waals surface area contributed by atoms with Crippen LogP contribution >= 0.6 is 11.6 Å². The maximum Gasteiger partial charge on any atom is 0.240 e. The molecule has 0 aliphatic rings. The highest BCUT2D eigenvalue weighted by Crippen LogP contribution is 2.21. The monoisotopic (exact) mass is 343 g/mol. The van der Waals surface area contributed by atoms with Crippen LogP contribution in [0.5, 0.6) is 0 Å². The molecule has 0 saturated heterocycles. The average molecular weight is 344 g/mol. The van der Waals surface area contributed by atoms with E-state index < -0.39 is 15.6 Å². The van der Waals surface area contributed by atoms with Gasteiger partial charge in [-0.1, -0.05) is 17.7 Å². The van der Waals surface area contributed by atoms with Gasteiger partial charge in [-0.3, -0.25) is 0 Å². The second-order valence-electron chi connectivity index (χ2n) is 5.49. The van der Waals surface area contributed by atoms with E-state index in [9.17, 15) is 13.5 Å². The van der Waals surface area contributed by atoms with Crippen molar-refractivity contribution in [2.45, 2.75) is 30.8 Å². The summed E-state index contributed by atoms with van der Waals surface area (Å²) in [4.78, 5) is 0.105. The Balaban J connectivity index is 2.10. The van der Waals surface area contributed by atoms with Gasteiger partial charge in [0.15, 0.2) is 0 Å². The van der Waals surface area contributed by atoms with Crippen LogP contribution in [0, 0.1) is 6.92 Å². The number of hydrogen-bond acceptors (Lipinski definition) is 4. The van der Waals surface area contributed by atoms with Crippen molar-refractivity contribution in [2.75, 3.05) is 6.54 Å². The van der Waals surface area contributed by atoms with Crippen molar-refractivity contribution in [1.82, 2.24) is 4.72 Å². The Labute approximate surface area is 135 Å². The van der Waals surface area contributed by atoms with Crippen molar-refractivity contribution in [3.8, 4) is 0 Å². The third kappa shape index (κ3) is 4.33. The van der Waals surface area contributed by atoms with Crippen LogP contribution in [0.1, 0.15) is 18.2 Å². The van der Waals surface area contributed by atoms with Gasteiger partial charge in [0.25, 0.3) is 0 Å². The van der Waals surface area contributed by atoms with Gasteiger partial charge in [-0.15, -0.1) is 0 Å². The Morgan fingerprint density at radius 1 is 1.36 bits per heavy atom. The zero-order valence-electron chi connectivity index (χ0n) is 12.3. The highest BCUT2D eigenvalue weighted by atomic mass is 35.5. The summed E-state index contributed by atoms with van der Waals surface area (Å²) in [6.07, 6.45) is 1.71. The van der Waals surface area contributed by atoms with E-state index in [1.54, 1.807) is 38.1 Å². The molecular weight excluding hydrogens is 326 g/mol. The van der Waals surface area contributed by atoms with Crippen LogP contribution in [0.15, 0.2) is 45.9 Å². The number of aliphatic hydroxyl groups is 1. The molecule has 1 unspecified atom stereocenters. The van der Waals surface area contributed by atoms with E-state index >= 15 is 0 Å². The molecule has 1 aromatic heterocycles. The summed E-state index contributed by atoms with van der Waals surface area (Å²) in [6, 6.07) is 8.09. The molecule has 2 rings (SSSR count). The molecule has 1 aromatic carbocycles. The van der Waals surface area contributed by atoms with Crippen LogP contribution in [0.4, 0.5) is 0 Å². The fourth-order valence-electron chi connectivity index (χ4n) is 2.04. The Morgan fingerprint density at radius 3 is 2.73 bits per heavy atom. The highest BCUT2D eigenvalue weighted by molar-refractivity contribution is 7.89. The van der Waals surface area contributed by atoms with Crippen molar-refractivity contribution in [2.24, 2.45) is 0 Å². The van der Waals surface area contributed by atoms with E-state index in [2.05, 4.69) is 4.72 Å². The standard InChI is InChI=1S/C15H18ClNO4S/c1-11-5-6-12(16)8-14(11)22(19,20)17-10-15(2,18)9-13-4-3-7-21-13/h3-8,17-18H,9-10H2,1-2H3. The lowest BCUT2D eigenvalue weighted by molar-refractivity contribution is 0.0603. The molecule has 0 bridgehead atoms. The summed E-state index contributed by atoms with van der Waals surface area (Å²) in [5, 5.41) is 10.6. The normalized spacial score (nSPS) is 14.7. The second-order valence-corrected chi connectivity index (χ2v) is 7.66. The zero-order valence-corrected chi connectivity index (χ0v) is 13.9. The fourth-order valence-corrected chi connectivity index (χ4v) is 3.71. The first-order valence-corrected chi connectivity index (χ1v) is 8.56. The molecule has 2 aromatic rings. The molecule has 0 aliphatic heterocycles. The Hall–Kier alpha value is -1.34. The lowest BCUT2D eigenvalue weighted by Gasteiger charge is -2.22. The Morgan fingerprint density at radius 2 is 2.09 bits per heavy atom. The third-order valence-electron chi connectivity index (χ3n) is 3.22. The molecule has 120 valence electrons. The maximum absolute atomic E-state index is 12.4. The van der Waals surface area contributed by atoms with Crippen molar-refractivity contribution >= 4 is 21.6 Å². The van der Waals surface area contributed by atoms with Crippen LogP contribution in [0.3, 0.4) is 0 Å². The fraction of sp³-hybridized carbons (Fsp3) is 0.333. The van der Waals surface area contributed by atoms with Gasteiger partial charge >= 0.3 is 0 Å². The minimum absolute atomic E-state index is 0.105. The molecule has 0 aliphatic carbocycles. The molecule has 1 atom stereocenters. The van der Waals surface area contributed by atoms with Crippen LogP contribution < -0.4 is 4.72 Å². The number of hydrogen-bond donors (Lipinski definition) is 2. The molecular formula is C15H18ClNO4S. The number of nitrogens with one attached hydrogen (secondary N) is 1. The van der Waals surface area contributed by atoms with Crippen molar-refractivity contribution in [3.05, 3.63) is 52.9 Å². The molecule has 0 radical (unpaired) electrons. The lowest BCUT2D eigenvalue weighted by Crippen LogP contribution is -2.42. The molecule has 22 heavy (non-hydrogen) atoms. The van der Waals surface area contributed by atoms with Gasteiger partial charge in [-0.25, -0.2) is 13.1 Å². The quantitative estimate of drug-likeness (QED) is 0.844. The molecule has 1 heterocycles. The van der Waals surface area contributed by atoms with Crippen LogP contribution in [-0.4, -0.2) is 25.7 Å². The molecule has 0 amide bonds. The Kier molecular flexibility index (Phi) is 4.97. The minimum atomic E-state index is -3.75. The van der Waals surface area contributed by atoms with Gasteiger partial charge in [0, 0.05) is 18.0 Å². The van der Waals surface area contributed by atoms with Gasteiger partial charge in [-0.2, -0.15) is 0 Å². The van der Waals surface area contributed by atoms with E-state index in [0.29, 0.717) is 16.3 Å². The Bertz CT molecular complexity index is 739. The largest absolute Gasteiger partial charge is 0.469 e. The van der Waals surface area contributed by atoms with Gasteiger partial charge in [0.2, 0.25) is 10.0 Å². The average Bonchev–Trinajstić information content (AvgIpc) is 2.91. The van der Waals surface area contributed by atoms with Crippen LogP contribution in [-0.2, 0) is 16.4 Å². The van der Waals surface area contributed by atoms with Crippen LogP contribution in [0.2, 0.25) is 5.02 Å². The number of benzene rings is 1. The van der Waals surface area contributed by atoms with E-state index in [4.69, 9.17) is 16.0 Å². The molecule has 0 spiro atoms. The van der Waals surface area contributed by atoms with E-state index in [1.807, 2.05) is 0 Å². The SMILES string of the molecule is Cc1ccc(Cl)cc1S(=O)(=O)NCC(C)(O)Cc1ccco1. The molecule has 0 saturated carbocycles. The molecule has 0 fully saturated rings. The topological polar surface area (TPSA) is 79.5 Å². The summed E-state index contributed by atoms with van der Waals surface area (Å²) >= 11 is 5.85. The predicted octanol–water partition coefficient (Wildman–Crippen LogP) is 2.51. The lowest BCUT2D eigenvalue weighted by atomic mass is 10.0. The summed E-state index contributed by atoms with van der Waals surface area (Å²) in [5.41, 5.74) is -0.681. The van der Waals surface area contributed by atoms with Crippen molar-refractivity contribution in [3.63, 3.8) is 0 Å². The summed E-state index contributed by atoms with van der Waals surface area (Å²) in [6.45, 7) is 3.09. The predicted molar refractivity (Wildman–Crippen MR) is 84.4 cm³/mol. The zero-order chi connectivity index (χ0) is 16.4. The maximum atomic E-state index is 12.4. The van der Waals surface area contributed by atoms with Gasteiger partial charge < -0.3 is 9.52 Å². The number of furan rings is 1. The van der Waals surface area contributed by atoms with Crippen molar-refractivity contribution < 1.29 is 17.9 Å². The molecule has 5 nitrogen and oxygen atoms in total. The number of sulfonamides is 1. The molecule has 2 N–H and O–H groups in total. The first-order chi connectivity index (χ1) is 10.2. The second kappa shape index (κ2) is 6.42. The number of aryl methyl sites for hydroxylation is 1. The van der Waals surface area contributed by atoms with Gasteiger partial charge in [-0.05, 0) is 43.7 Å². The first-order valence-electron chi connectivity index (χ1n) is 6.70. The van der Waals surface area contributed by atoms with E-state index in [-0.39, 0.29) is 17.9 Å². The molecule has 7 heteroatoms. The first kappa shape index (κ1) is 17.0. The smallest absolute Gasteiger partial charge is 0.240 e. The van der Waals surface area contributed by atoms with Gasteiger partial charge in [0.1, 0.15) is 5.76 Å². The van der Waals surface area contributed by atoms with Crippen LogP contribution in [0.25, 0.3) is 0 Å². The summed E-state index contributed by atoms with van der Waals surface area (Å²) < 4.78 is 32.3.